The number of imide groups is 2. The second kappa shape index (κ2) is 7.37. The number of nitrogens with zero attached hydrogens (tertiary/aromatic N) is 2. The summed E-state index contributed by atoms with van der Waals surface area (Å²) in [5.41, 5.74) is 0.855. The standard InChI is InChI=1S/C18H14ClN3O4/c1-26-14-8-6-13(7-9-14)22-17(24)15(16(23)21-18(22)25)10-20-12-4-2-11(19)3-5-12/h2-10,15H,1H3,(H,21,23,25)/t15-/m1/s1. The van der Waals surface area contributed by atoms with E-state index in [1.165, 1.54) is 13.3 Å². The molecule has 0 radical (unpaired) electrons. The highest BCUT2D eigenvalue weighted by Gasteiger charge is 2.40. The lowest BCUT2D eigenvalue weighted by molar-refractivity contribution is -0.131. The Kier molecular flexibility index (Phi) is 4.99. The number of benzene rings is 2. The number of anilines is 1. The molecule has 0 spiro atoms. The maximum absolute atomic E-state index is 12.7. The van der Waals surface area contributed by atoms with Crippen LogP contribution in [0.5, 0.6) is 5.75 Å². The first-order chi connectivity index (χ1) is 12.5. The summed E-state index contributed by atoms with van der Waals surface area (Å²) in [4.78, 5) is 41.9. The normalized spacial score (nSPS) is 17.5. The fraction of sp³-hybridized carbons (Fsp3) is 0.111. The third-order valence-corrected chi connectivity index (χ3v) is 3.98. The van der Waals surface area contributed by atoms with Gasteiger partial charge in [0.2, 0.25) is 5.91 Å². The average molecular weight is 372 g/mol. The van der Waals surface area contributed by atoms with E-state index in [9.17, 15) is 14.4 Å². The number of halogens is 1. The van der Waals surface area contributed by atoms with Gasteiger partial charge in [0.25, 0.3) is 5.91 Å². The van der Waals surface area contributed by atoms with Crippen molar-refractivity contribution in [2.75, 3.05) is 12.0 Å². The lowest BCUT2D eigenvalue weighted by Gasteiger charge is -2.28. The van der Waals surface area contributed by atoms with E-state index < -0.39 is 23.8 Å². The second-order valence-electron chi connectivity index (χ2n) is 5.40. The van der Waals surface area contributed by atoms with Crippen molar-refractivity contribution < 1.29 is 19.1 Å². The molecule has 8 heteroatoms. The molecular weight excluding hydrogens is 358 g/mol. The van der Waals surface area contributed by atoms with Crippen LogP contribution in [-0.4, -0.2) is 31.2 Å². The fourth-order valence-electron chi connectivity index (χ4n) is 2.39. The van der Waals surface area contributed by atoms with Gasteiger partial charge in [0.05, 0.1) is 18.5 Å². The average Bonchev–Trinajstić information content (AvgIpc) is 2.63. The fourth-order valence-corrected chi connectivity index (χ4v) is 2.51. The Hall–Kier alpha value is -3.19. The number of carbonyl (C=O) groups excluding carboxylic acids is 3. The van der Waals surface area contributed by atoms with Crippen LogP contribution in [0.4, 0.5) is 16.2 Å². The predicted octanol–water partition coefficient (Wildman–Crippen LogP) is 2.95. The van der Waals surface area contributed by atoms with E-state index >= 15 is 0 Å². The number of nitrogens with one attached hydrogen (secondary N) is 1. The third-order valence-electron chi connectivity index (χ3n) is 3.73. The minimum Gasteiger partial charge on any atom is -0.497 e. The smallest absolute Gasteiger partial charge is 0.335 e. The molecular formula is C18H14ClN3O4. The molecule has 1 N–H and O–H groups in total. The number of aliphatic imine (C=N–C) groups is 1. The van der Waals surface area contributed by atoms with Crippen LogP contribution in [-0.2, 0) is 9.59 Å². The number of methoxy groups -OCH3 is 1. The van der Waals surface area contributed by atoms with Crippen LogP contribution in [0, 0.1) is 5.92 Å². The maximum Gasteiger partial charge on any atom is 0.335 e. The van der Waals surface area contributed by atoms with Gasteiger partial charge in [0.1, 0.15) is 5.75 Å². The lowest BCUT2D eigenvalue weighted by atomic mass is 10.1. The van der Waals surface area contributed by atoms with Gasteiger partial charge < -0.3 is 4.74 Å². The van der Waals surface area contributed by atoms with E-state index in [0.717, 1.165) is 4.90 Å². The molecule has 4 amide bonds. The Morgan fingerprint density at radius 2 is 1.73 bits per heavy atom. The van der Waals surface area contributed by atoms with Crippen molar-refractivity contribution in [3.63, 3.8) is 0 Å². The van der Waals surface area contributed by atoms with Crippen LogP contribution in [0.1, 0.15) is 0 Å². The van der Waals surface area contributed by atoms with Gasteiger partial charge >= 0.3 is 6.03 Å². The largest absolute Gasteiger partial charge is 0.497 e. The molecule has 3 rings (SSSR count). The molecule has 26 heavy (non-hydrogen) atoms. The van der Waals surface area contributed by atoms with Gasteiger partial charge in [0, 0.05) is 11.2 Å². The van der Waals surface area contributed by atoms with Crippen molar-refractivity contribution in [1.82, 2.24) is 5.32 Å². The highest BCUT2D eigenvalue weighted by molar-refractivity contribution is 6.32. The van der Waals surface area contributed by atoms with Gasteiger partial charge in [-0.2, -0.15) is 0 Å². The summed E-state index contributed by atoms with van der Waals surface area (Å²) in [7, 11) is 1.51. The van der Waals surface area contributed by atoms with Crippen molar-refractivity contribution in [3.8, 4) is 5.75 Å². The van der Waals surface area contributed by atoms with Crippen LogP contribution in [0.15, 0.2) is 53.5 Å². The number of hydrogen-bond acceptors (Lipinski definition) is 5. The number of ether oxygens (including phenoxy) is 1. The first-order valence-corrected chi connectivity index (χ1v) is 8.00. The number of amides is 4. The van der Waals surface area contributed by atoms with Crippen LogP contribution in [0.3, 0.4) is 0 Å². The van der Waals surface area contributed by atoms with Gasteiger partial charge in [-0.15, -0.1) is 0 Å². The quantitative estimate of drug-likeness (QED) is 0.661. The first-order valence-electron chi connectivity index (χ1n) is 7.62. The van der Waals surface area contributed by atoms with E-state index in [1.807, 2.05) is 0 Å². The molecule has 2 aromatic carbocycles. The maximum atomic E-state index is 12.7. The van der Waals surface area contributed by atoms with Gasteiger partial charge in [-0.05, 0) is 48.5 Å². The van der Waals surface area contributed by atoms with Crippen molar-refractivity contribution in [2.24, 2.45) is 10.9 Å². The van der Waals surface area contributed by atoms with E-state index in [0.29, 0.717) is 22.1 Å². The van der Waals surface area contributed by atoms with E-state index in [-0.39, 0.29) is 0 Å². The molecule has 1 saturated heterocycles. The van der Waals surface area contributed by atoms with Crippen molar-refractivity contribution in [2.45, 2.75) is 0 Å². The molecule has 2 aromatic rings. The van der Waals surface area contributed by atoms with Gasteiger partial charge in [-0.1, -0.05) is 11.6 Å². The minimum absolute atomic E-state index is 0.325. The zero-order valence-electron chi connectivity index (χ0n) is 13.7. The molecule has 1 aliphatic rings. The van der Waals surface area contributed by atoms with Gasteiger partial charge in [0.15, 0.2) is 5.92 Å². The summed E-state index contributed by atoms with van der Waals surface area (Å²) in [6, 6.07) is 12.1. The molecule has 1 fully saturated rings. The zero-order chi connectivity index (χ0) is 18.7. The Morgan fingerprint density at radius 1 is 1.08 bits per heavy atom. The summed E-state index contributed by atoms with van der Waals surface area (Å²) in [6.45, 7) is 0. The highest BCUT2D eigenvalue weighted by atomic mass is 35.5. The predicted molar refractivity (Wildman–Crippen MR) is 97.1 cm³/mol. The number of barbiturate groups is 1. The third kappa shape index (κ3) is 3.57. The number of rotatable bonds is 4. The van der Waals surface area contributed by atoms with Crippen LogP contribution >= 0.6 is 11.6 Å². The number of carbonyl (C=O) groups is 3. The van der Waals surface area contributed by atoms with Crippen LogP contribution in [0.25, 0.3) is 0 Å². The van der Waals surface area contributed by atoms with Crippen molar-refractivity contribution >= 4 is 47.0 Å². The lowest BCUT2D eigenvalue weighted by Crippen LogP contribution is -2.58. The Labute approximate surface area is 154 Å². The Bertz CT molecular complexity index is 878. The molecule has 132 valence electrons. The molecule has 0 saturated carbocycles. The summed E-state index contributed by atoms with van der Waals surface area (Å²) < 4.78 is 5.06. The summed E-state index contributed by atoms with van der Waals surface area (Å²) >= 11 is 5.81. The monoisotopic (exact) mass is 371 g/mol. The van der Waals surface area contributed by atoms with E-state index in [1.54, 1.807) is 48.5 Å². The molecule has 1 atom stereocenters. The number of hydrogen-bond donors (Lipinski definition) is 1. The van der Waals surface area contributed by atoms with Gasteiger partial charge in [-0.25, -0.2) is 9.69 Å². The van der Waals surface area contributed by atoms with Crippen LogP contribution in [0.2, 0.25) is 5.02 Å². The summed E-state index contributed by atoms with van der Waals surface area (Å²) in [5, 5.41) is 2.71. The Morgan fingerprint density at radius 3 is 2.35 bits per heavy atom. The second-order valence-corrected chi connectivity index (χ2v) is 5.83. The van der Waals surface area contributed by atoms with Crippen LogP contribution < -0.4 is 15.0 Å². The van der Waals surface area contributed by atoms with E-state index in [2.05, 4.69) is 10.3 Å². The molecule has 1 aliphatic heterocycles. The SMILES string of the molecule is COc1ccc(N2C(=O)NC(=O)[C@@H](C=Nc3ccc(Cl)cc3)C2=O)cc1. The number of urea groups is 1. The summed E-state index contributed by atoms with van der Waals surface area (Å²) in [5.74, 6) is -2.04. The molecule has 0 aromatic heterocycles. The first kappa shape index (κ1) is 17.6. The molecule has 0 unspecified atom stereocenters. The van der Waals surface area contributed by atoms with E-state index in [4.69, 9.17) is 16.3 Å². The van der Waals surface area contributed by atoms with Gasteiger partial charge in [-0.3, -0.25) is 19.9 Å². The highest BCUT2D eigenvalue weighted by Crippen LogP contribution is 2.23. The van der Waals surface area contributed by atoms with Crippen molar-refractivity contribution in [1.29, 1.82) is 0 Å². The minimum atomic E-state index is -1.22. The zero-order valence-corrected chi connectivity index (χ0v) is 14.4. The molecule has 0 bridgehead atoms. The summed E-state index contributed by atoms with van der Waals surface area (Å²) in [6.07, 6.45) is 1.21. The molecule has 7 nitrogen and oxygen atoms in total. The molecule has 0 aliphatic carbocycles. The van der Waals surface area contributed by atoms with Crippen molar-refractivity contribution in [3.05, 3.63) is 53.6 Å². The molecule has 1 heterocycles. The Balaban J connectivity index is 1.86. The topological polar surface area (TPSA) is 88.1 Å².